The smallest absolute Gasteiger partial charge is 0.231 e. The van der Waals surface area contributed by atoms with Gasteiger partial charge in [0.25, 0.3) is 0 Å². The number of likely N-dealkylation sites (N-methyl/N-ethyl adjacent to an activating group) is 1. The first-order chi connectivity index (χ1) is 4.70. The number of nitrogens with two attached hydrogens (primary N) is 1. The van der Waals surface area contributed by atoms with Gasteiger partial charge in [-0.1, -0.05) is 6.92 Å². The van der Waals surface area contributed by atoms with Crippen molar-refractivity contribution < 1.29 is 9.18 Å². The Balaban J connectivity index is 3.49. The number of nitrogens with zero attached hydrogens (tertiary/aromatic N) is 1. The van der Waals surface area contributed by atoms with Gasteiger partial charge in [0.15, 0.2) is 0 Å². The number of hydrogen-bond donors (Lipinski definition) is 1. The number of amides is 1. The van der Waals surface area contributed by atoms with E-state index in [1.807, 2.05) is 6.92 Å². The van der Waals surface area contributed by atoms with Crippen LogP contribution in [0.3, 0.4) is 0 Å². The normalized spacial score (nSPS) is 10.3. The van der Waals surface area contributed by atoms with Gasteiger partial charge in [-0.3, -0.25) is 9.69 Å². The van der Waals surface area contributed by atoms with Crippen LogP contribution < -0.4 is 5.73 Å². The zero-order valence-corrected chi connectivity index (χ0v) is 6.14. The molecule has 0 saturated carbocycles. The van der Waals surface area contributed by atoms with Gasteiger partial charge in [-0.15, -0.1) is 0 Å². The Hall–Kier alpha value is -0.640. The molecule has 0 aliphatic carbocycles. The van der Waals surface area contributed by atoms with Gasteiger partial charge in [-0.2, -0.15) is 0 Å². The van der Waals surface area contributed by atoms with Crippen LogP contribution in [0.25, 0.3) is 0 Å². The Morgan fingerprint density at radius 2 is 2.30 bits per heavy atom. The van der Waals surface area contributed by atoms with Gasteiger partial charge < -0.3 is 5.73 Å². The SMILES string of the molecule is CCN(CCF)CC(N)=O. The number of rotatable bonds is 5. The molecular weight excluding hydrogens is 135 g/mol. The summed E-state index contributed by atoms with van der Waals surface area (Å²) >= 11 is 0. The number of carbonyl (C=O) groups is 1. The van der Waals surface area contributed by atoms with Crippen LogP contribution in [0.2, 0.25) is 0 Å². The van der Waals surface area contributed by atoms with E-state index >= 15 is 0 Å². The highest BCUT2D eigenvalue weighted by Crippen LogP contribution is 1.85. The molecule has 4 heteroatoms. The third-order valence-electron chi connectivity index (χ3n) is 1.23. The summed E-state index contributed by atoms with van der Waals surface area (Å²) in [5.74, 6) is -0.407. The average molecular weight is 148 g/mol. The Labute approximate surface area is 60.0 Å². The summed E-state index contributed by atoms with van der Waals surface area (Å²) in [5.41, 5.74) is 4.90. The van der Waals surface area contributed by atoms with Crippen molar-refractivity contribution in [3.05, 3.63) is 0 Å². The molecule has 1 amide bonds. The third kappa shape index (κ3) is 4.26. The number of halogens is 1. The predicted molar refractivity (Wildman–Crippen MR) is 37.3 cm³/mol. The highest BCUT2D eigenvalue weighted by atomic mass is 19.1. The Bertz CT molecular complexity index is 108. The minimum absolute atomic E-state index is 0.153. The quantitative estimate of drug-likeness (QED) is 0.585. The minimum Gasteiger partial charge on any atom is -0.369 e. The van der Waals surface area contributed by atoms with E-state index in [0.29, 0.717) is 13.1 Å². The minimum atomic E-state index is -0.429. The fourth-order valence-corrected chi connectivity index (χ4v) is 0.689. The molecule has 0 aliphatic rings. The molecule has 2 N–H and O–H groups in total. The largest absolute Gasteiger partial charge is 0.369 e. The molecule has 0 aromatic heterocycles. The summed E-state index contributed by atoms with van der Waals surface area (Å²) in [7, 11) is 0. The molecule has 0 aliphatic heterocycles. The molecule has 0 aromatic rings. The summed E-state index contributed by atoms with van der Waals surface area (Å²) in [5, 5.41) is 0. The van der Waals surface area contributed by atoms with Crippen molar-refractivity contribution in [3.8, 4) is 0 Å². The highest BCUT2D eigenvalue weighted by Gasteiger charge is 2.03. The Morgan fingerprint density at radius 3 is 2.60 bits per heavy atom. The first-order valence-electron chi connectivity index (χ1n) is 3.27. The first-order valence-corrected chi connectivity index (χ1v) is 3.27. The maximum atomic E-state index is 11.7. The molecule has 0 rings (SSSR count). The molecule has 3 nitrogen and oxygen atoms in total. The van der Waals surface area contributed by atoms with Crippen LogP contribution in [0, 0.1) is 0 Å². The number of alkyl halides is 1. The predicted octanol–water partition coefficient (Wildman–Crippen LogP) is -0.237. The molecule has 0 bridgehead atoms. The number of primary amides is 1. The van der Waals surface area contributed by atoms with E-state index < -0.39 is 12.6 Å². The number of carbonyl (C=O) groups excluding carboxylic acids is 1. The topological polar surface area (TPSA) is 46.3 Å². The second-order valence-electron chi connectivity index (χ2n) is 2.02. The van der Waals surface area contributed by atoms with Crippen LogP contribution in [0.4, 0.5) is 4.39 Å². The summed E-state index contributed by atoms with van der Waals surface area (Å²) in [6.45, 7) is 2.53. The standard InChI is InChI=1S/C6H13FN2O/c1-2-9(4-3-7)5-6(8)10/h2-5H2,1H3,(H2,8,10). The zero-order chi connectivity index (χ0) is 7.98. The molecule has 0 fully saturated rings. The molecule has 0 aromatic carbocycles. The highest BCUT2D eigenvalue weighted by molar-refractivity contribution is 5.75. The average Bonchev–Trinajstić information content (AvgIpc) is 1.86. The van der Waals surface area contributed by atoms with E-state index in [4.69, 9.17) is 5.73 Å². The van der Waals surface area contributed by atoms with Crippen LogP contribution in [0.15, 0.2) is 0 Å². The maximum Gasteiger partial charge on any atom is 0.231 e. The van der Waals surface area contributed by atoms with Gasteiger partial charge in [0.1, 0.15) is 6.67 Å². The van der Waals surface area contributed by atoms with E-state index in [2.05, 4.69) is 0 Å². The fourth-order valence-electron chi connectivity index (χ4n) is 0.689. The van der Waals surface area contributed by atoms with Crippen LogP contribution >= 0.6 is 0 Å². The lowest BCUT2D eigenvalue weighted by atomic mass is 10.4. The molecule has 0 saturated heterocycles. The van der Waals surface area contributed by atoms with Crippen LogP contribution in [-0.4, -0.2) is 37.1 Å². The Kier molecular flexibility index (Phi) is 4.84. The van der Waals surface area contributed by atoms with Gasteiger partial charge in [-0.05, 0) is 6.54 Å². The molecule has 0 spiro atoms. The zero-order valence-electron chi connectivity index (χ0n) is 6.14. The first kappa shape index (κ1) is 9.36. The van der Waals surface area contributed by atoms with Crippen molar-refractivity contribution >= 4 is 5.91 Å². The summed E-state index contributed by atoms with van der Waals surface area (Å²) < 4.78 is 11.7. The second-order valence-corrected chi connectivity index (χ2v) is 2.02. The van der Waals surface area contributed by atoms with Gasteiger partial charge in [0, 0.05) is 6.54 Å². The summed E-state index contributed by atoms with van der Waals surface area (Å²) in [4.78, 5) is 12.0. The molecular formula is C6H13FN2O. The van der Waals surface area contributed by atoms with Gasteiger partial charge >= 0.3 is 0 Å². The molecule has 0 atom stereocenters. The van der Waals surface area contributed by atoms with Gasteiger partial charge in [0.05, 0.1) is 6.54 Å². The van der Waals surface area contributed by atoms with Crippen molar-refractivity contribution in [1.82, 2.24) is 4.90 Å². The lowest BCUT2D eigenvalue weighted by Gasteiger charge is -2.15. The van der Waals surface area contributed by atoms with Crippen molar-refractivity contribution in [2.45, 2.75) is 6.92 Å². The lowest BCUT2D eigenvalue weighted by Crippen LogP contribution is -2.34. The maximum absolute atomic E-state index is 11.7. The van der Waals surface area contributed by atoms with E-state index in [9.17, 15) is 9.18 Å². The summed E-state index contributed by atoms with van der Waals surface area (Å²) in [6.07, 6.45) is 0. The van der Waals surface area contributed by atoms with Crippen LogP contribution in [-0.2, 0) is 4.79 Å². The van der Waals surface area contributed by atoms with Gasteiger partial charge in [0.2, 0.25) is 5.91 Å². The van der Waals surface area contributed by atoms with E-state index in [1.54, 1.807) is 4.90 Å². The third-order valence-corrected chi connectivity index (χ3v) is 1.23. The van der Waals surface area contributed by atoms with E-state index in [-0.39, 0.29) is 6.54 Å². The van der Waals surface area contributed by atoms with Crippen LogP contribution in [0.1, 0.15) is 6.92 Å². The number of hydrogen-bond acceptors (Lipinski definition) is 2. The molecule has 0 heterocycles. The molecule has 0 unspecified atom stereocenters. The Morgan fingerprint density at radius 1 is 1.70 bits per heavy atom. The van der Waals surface area contributed by atoms with Crippen molar-refractivity contribution in [3.63, 3.8) is 0 Å². The van der Waals surface area contributed by atoms with Crippen molar-refractivity contribution in [1.29, 1.82) is 0 Å². The van der Waals surface area contributed by atoms with Crippen molar-refractivity contribution in [2.75, 3.05) is 26.3 Å². The summed E-state index contributed by atoms with van der Waals surface area (Å²) in [6, 6.07) is 0. The monoisotopic (exact) mass is 148 g/mol. The van der Waals surface area contributed by atoms with E-state index in [1.165, 1.54) is 0 Å². The van der Waals surface area contributed by atoms with E-state index in [0.717, 1.165) is 0 Å². The molecule has 10 heavy (non-hydrogen) atoms. The lowest BCUT2D eigenvalue weighted by molar-refractivity contribution is -0.119. The molecule has 0 radical (unpaired) electrons. The van der Waals surface area contributed by atoms with Gasteiger partial charge in [-0.25, -0.2) is 4.39 Å². The molecule has 60 valence electrons. The second kappa shape index (κ2) is 5.17. The fraction of sp³-hybridized carbons (Fsp3) is 0.833. The van der Waals surface area contributed by atoms with Crippen LogP contribution in [0.5, 0.6) is 0 Å². The van der Waals surface area contributed by atoms with Crippen molar-refractivity contribution in [2.24, 2.45) is 5.73 Å².